The zero-order chi connectivity index (χ0) is 20.0. The number of hydrogen-bond acceptors (Lipinski definition) is 4. The highest BCUT2D eigenvalue weighted by Gasteiger charge is 2.15. The van der Waals surface area contributed by atoms with Crippen molar-refractivity contribution >= 4 is 23.2 Å². The summed E-state index contributed by atoms with van der Waals surface area (Å²) in [5.74, 6) is 0.390. The molecule has 0 bridgehead atoms. The van der Waals surface area contributed by atoms with Gasteiger partial charge in [0.05, 0.1) is 0 Å². The lowest BCUT2D eigenvalue weighted by molar-refractivity contribution is -0.130. The number of carbonyl (C=O) groups is 2. The Hall–Kier alpha value is -3.02. The minimum atomic E-state index is -0.411. The molecular formula is C21H27N3O3. The van der Waals surface area contributed by atoms with E-state index in [9.17, 15) is 9.59 Å². The predicted molar refractivity (Wildman–Crippen MR) is 108 cm³/mol. The standard InChI is InChI=1S/C21H27N3O3/c1-14-7-6-8-15(2)20(14)23-21(26)16(3)22-17-9-11-18(12-10-17)27-13-19(25)24(4)5/h6-12,16,22H,13H2,1-5H3,(H,23,26)/t16-/m0/s1. The number of likely N-dealkylation sites (N-methyl/N-ethyl adjacent to an activating group) is 1. The Labute approximate surface area is 160 Å². The second-order valence-corrected chi connectivity index (χ2v) is 6.72. The molecular weight excluding hydrogens is 342 g/mol. The van der Waals surface area contributed by atoms with Crippen molar-refractivity contribution in [1.82, 2.24) is 4.90 Å². The number of nitrogens with zero attached hydrogens (tertiary/aromatic N) is 1. The van der Waals surface area contributed by atoms with Crippen LogP contribution in [0.3, 0.4) is 0 Å². The molecule has 0 aliphatic rings. The van der Waals surface area contributed by atoms with Crippen LogP contribution in [0, 0.1) is 13.8 Å². The first kappa shape index (κ1) is 20.3. The lowest BCUT2D eigenvalue weighted by atomic mass is 10.1. The van der Waals surface area contributed by atoms with Crippen LogP contribution in [0.5, 0.6) is 5.75 Å². The summed E-state index contributed by atoms with van der Waals surface area (Å²) in [6, 6.07) is 12.7. The highest BCUT2D eigenvalue weighted by molar-refractivity contribution is 5.97. The van der Waals surface area contributed by atoms with Crippen molar-refractivity contribution in [2.75, 3.05) is 31.3 Å². The molecule has 0 radical (unpaired) electrons. The van der Waals surface area contributed by atoms with Crippen LogP contribution in [0.2, 0.25) is 0 Å². The van der Waals surface area contributed by atoms with E-state index in [4.69, 9.17) is 4.74 Å². The molecule has 0 fully saturated rings. The average Bonchev–Trinajstić information content (AvgIpc) is 2.63. The van der Waals surface area contributed by atoms with Gasteiger partial charge in [0.25, 0.3) is 5.91 Å². The van der Waals surface area contributed by atoms with Gasteiger partial charge in [-0.2, -0.15) is 0 Å². The Morgan fingerprint density at radius 1 is 1.04 bits per heavy atom. The smallest absolute Gasteiger partial charge is 0.259 e. The van der Waals surface area contributed by atoms with Gasteiger partial charge in [-0.05, 0) is 56.2 Å². The minimum Gasteiger partial charge on any atom is -0.484 e. The summed E-state index contributed by atoms with van der Waals surface area (Å²) >= 11 is 0. The van der Waals surface area contributed by atoms with Crippen LogP contribution in [0.1, 0.15) is 18.1 Å². The topological polar surface area (TPSA) is 70.7 Å². The number of nitrogens with one attached hydrogen (secondary N) is 2. The maximum absolute atomic E-state index is 12.5. The third kappa shape index (κ3) is 5.74. The summed E-state index contributed by atoms with van der Waals surface area (Å²) in [6.07, 6.45) is 0. The summed E-state index contributed by atoms with van der Waals surface area (Å²) in [5, 5.41) is 6.15. The van der Waals surface area contributed by atoms with Gasteiger partial charge in [0.1, 0.15) is 11.8 Å². The van der Waals surface area contributed by atoms with Gasteiger partial charge in [0.2, 0.25) is 5.91 Å². The molecule has 0 spiro atoms. The van der Waals surface area contributed by atoms with E-state index in [1.807, 2.05) is 51.1 Å². The van der Waals surface area contributed by atoms with Crippen molar-refractivity contribution < 1.29 is 14.3 Å². The zero-order valence-corrected chi connectivity index (χ0v) is 16.5. The van der Waals surface area contributed by atoms with Gasteiger partial charge >= 0.3 is 0 Å². The van der Waals surface area contributed by atoms with Crippen LogP contribution in [0.4, 0.5) is 11.4 Å². The summed E-state index contributed by atoms with van der Waals surface area (Å²) < 4.78 is 5.44. The van der Waals surface area contributed by atoms with Crippen LogP contribution >= 0.6 is 0 Å². The maximum atomic E-state index is 12.5. The Kier molecular flexibility index (Phi) is 6.82. The molecule has 2 N–H and O–H groups in total. The summed E-state index contributed by atoms with van der Waals surface area (Å²) in [7, 11) is 3.37. The Bertz CT molecular complexity index is 781. The highest BCUT2D eigenvalue weighted by Crippen LogP contribution is 2.20. The van der Waals surface area contributed by atoms with Gasteiger partial charge in [-0.25, -0.2) is 0 Å². The normalized spacial score (nSPS) is 11.4. The molecule has 2 aromatic rings. The zero-order valence-electron chi connectivity index (χ0n) is 16.5. The molecule has 2 amide bonds. The quantitative estimate of drug-likeness (QED) is 0.786. The van der Waals surface area contributed by atoms with E-state index >= 15 is 0 Å². The number of aryl methyl sites for hydroxylation is 2. The number of benzene rings is 2. The Morgan fingerprint density at radius 2 is 1.63 bits per heavy atom. The Morgan fingerprint density at radius 3 is 2.19 bits per heavy atom. The molecule has 6 nitrogen and oxygen atoms in total. The third-order valence-corrected chi connectivity index (χ3v) is 4.22. The number of hydrogen-bond donors (Lipinski definition) is 2. The first-order chi connectivity index (χ1) is 12.8. The minimum absolute atomic E-state index is 0.00559. The van der Waals surface area contributed by atoms with Gasteiger partial charge in [-0.15, -0.1) is 0 Å². The van der Waals surface area contributed by atoms with E-state index in [0.717, 1.165) is 22.5 Å². The van der Waals surface area contributed by atoms with Gasteiger partial charge in [-0.3, -0.25) is 9.59 Å². The van der Waals surface area contributed by atoms with Crippen LogP contribution < -0.4 is 15.4 Å². The molecule has 1 atom stereocenters. The predicted octanol–water partition coefficient (Wildman–Crippen LogP) is 3.21. The number of ether oxygens (including phenoxy) is 1. The SMILES string of the molecule is Cc1cccc(C)c1NC(=O)[C@H](C)Nc1ccc(OCC(=O)N(C)C)cc1. The number of rotatable bonds is 7. The van der Waals surface area contributed by atoms with E-state index in [-0.39, 0.29) is 18.4 Å². The number of amides is 2. The van der Waals surface area contributed by atoms with Gasteiger partial charge in [-0.1, -0.05) is 18.2 Å². The van der Waals surface area contributed by atoms with Crippen molar-refractivity contribution in [2.24, 2.45) is 0 Å². The molecule has 2 aromatic carbocycles. The van der Waals surface area contributed by atoms with E-state index in [1.54, 1.807) is 26.2 Å². The van der Waals surface area contributed by atoms with E-state index in [0.29, 0.717) is 5.75 Å². The number of anilines is 2. The number of para-hydroxylation sites is 1. The molecule has 27 heavy (non-hydrogen) atoms. The molecule has 2 rings (SSSR count). The van der Waals surface area contributed by atoms with Gasteiger partial charge in [0.15, 0.2) is 6.61 Å². The van der Waals surface area contributed by atoms with Gasteiger partial charge < -0.3 is 20.3 Å². The van der Waals surface area contributed by atoms with Crippen LogP contribution in [-0.2, 0) is 9.59 Å². The van der Waals surface area contributed by atoms with E-state index < -0.39 is 6.04 Å². The monoisotopic (exact) mass is 369 g/mol. The first-order valence-corrected chi connectivity index (χ1v) is 8.84. The molecule has 0 aromatic heterocycles. The van der Waals surface area contributed by atoms with Crippen molar-refractivity contribution in [3.63, 3.8) is 0 Å². The summed E-state index contributed by atoms with van der Waals surface area (Å²) in [4.78, 5) is 25.5. The molecule has 0 saturated heterocycles. The summed E-state index contributed by atoms with van der Waals surface area (Å²) in [5.41, 5.74) is 3.71. The second-order valence-electron chi connectivity index (χ2n) is 6.72. The molecule has 0 saturated carbocycles. The molecule has 0 aliphatic heterocycles. The summed E-state index contributed by atoms with van der Waals surface area (Å²) in [6.45, 7) is 5.75. The molecule has 0 heterocycles. The number of carbonyl (C=O) groups excluding carboxylic acids is 2. The third-order valence-electron chi connectivity index (χ3n) is 4.22. The lowest BCUT2D eigenvalue weighted by Gasteiger charge is -2.18. The molecule has 0 aliphatic carbocycles. The van der Waals surface area contributed by atoms with Crippen LogP contribution in [0.15, 0.2) is 42.5 Å². The van der Waals surface area contributed by atoms with Gasteiger partial charge in [0, 0.05) is 25.5 Å². The fraction of sp³-hybridized carbons (Fsp3) is 0.333. The van der Waals surface area contributed by atoms with Crippen molar-refractivity contribution in [3.05, 3.63) is 53.6 Å². The molecule has 0 unspecified atom stereocenters. The van der Waals surface area contributed by atoms with Crippen molar-refractivity contribution in [1.29, 1.82) is 0 Å². The van der Waals surface area contributed by atoms with E-state index in [1.165, 1.54) is 4.90 Å². The van der Waals surface area contributed by atoms with E-state index in [2.05, 4.69) is 10.6 Å². The molecule has 6 heteroatoms. The van der Waals surface area contributed by atoms with Crippen LogP contribution in [0.25, 0.3) is 0 Å². The lowest BCUT2D eigenvalue weighted by Crippen LogP contribution is -2.32. The largest absolute Gasteiger partial charge is 0.484 e. The maximum Gasteiger partial charge on any atom is 0.259 e. The average molecular weight is 369 g/mol. The van der Waals surface area contributed by atoms with Crippen LogP contribution in [-0.4, -0.2) is 43.5 Å². The fourth-order valence-electron chi connectivity index (χ4n) is 2.48. The second kappa shape index (κ2) is 9.07. The highest BCUT2D eigenvalue weighted by atomic mass is 16.5. The first-order valence-electron chi connectivity index (χ1n) is 8.84. The van der Waals surface area contributed by atoms with Crippen molar-refractivity contribution in [3.8, 4) is 5.75 Å². The fourth-order valence-corrected chi connectivity index (χ4v) is 2.48. The Balaban J connectivity index is 1.92. The molecule has 144 valence electrons. The van der Waals surface area contributed by atoms with Crippen molar-refractivity contribution in [2.45, 2.75) is 26.8 Å².